The Morgan fingerprint density at radius 3 is 3.09 bits per heavy atom. The summed E-state index contributed by atoms with van der Waals surface area (Å²) in [5, 5.41) is 13.4. The third-order valence-electron chi connectivity index (χ3n) is 1.33. The summed E-state index contributed by atoms with van der Waals surface area (Å²) in [5.74, 6) is 1.62. The van der Waals surface area contributed by atoms with E-state index in [-0.39, 0.29) is 6.04 Å². The van der Waals surface area contributed by atoms with Crippen LogP contribution in [0.2, 0.25) is 0 Å². The molecule has 1 unspecified atom stereocenters. The van der Waals surface area contributed by atoms with Crippen LogP contribution in [0.25, 0.3) is 0 Å². The van der Waals surface area contributed by atoms with Crippen LogP contribution in [0.3, 0.4) is 0 Å². The van der Waals surface area contributed by atoms with E-state index in [9.17, 15) is 0 Å². The summed E-state index contributed by atoms with van der Waals surface area (Å²) in [6, 6.07) is -0.0822. The number of aromatic amines is 1. The SMILES string of the molecule is CSCCC(N)c1nn[nH]n1. The van der Waals surface area contributed by atoms with Crippen molar-refractivity contribution in [2.75, 3.05) is 12.0 Å². The zero-order chi connectivity index (χ0) is 8.10. The minimum absolute atomic E-state index is 0.0822. The van der Waals surface area contributed by atoms with E-state index in [4.69, 9.17) is 5.73 Å². The molecule has 62 valence electrons. The van der Waals surface area contributed by atoms with E-state index in [1.54, 1.807) is 11.8 Å². The molecule has 11 heavy (non-hydrogen) atoms. The van der Waals surface area contributed by atoms with Crippen LogP contribution in [0.4, 0.5) is 0 Å². The highest BCUT2D eigenvalue weighted by atomic mass is 32.2. The molecule has 0 saturated carbocycles. The second-order valence-electron chi connectivity index (χ2n) is 2.16. The van der Waals surface area contributed by atoms with Gasteiger partial charge in [-0.2, -0.15) is 17.0 Å². The number of thioether (sulfide) groups is 1. The fourth-order valence-corrected chi connectivity index (χ4v) is 1.19. The van der Waals surface area contributed by atoms with Crippen LogP contribution in [0.5, 0.6) is 0 Å². The summed E-state index contributed by atoms with van der Waals surface area (Å²) < 4.78 is 0. The molecule has 0 amide bonds. The van der Waals surface area contributed by atoms with Crippen LogP contribution in [-0.2, 0) is 0 Å². The summed E-state index contributed by atoms with van der Waals surface area (Å²) >= 11 is 1.76. The lowest BCUT2D eigenvalue weighted by molar-refractivity contribution is 0.656. The van der Waals surface area contributed by atoms with Crippen LogP contribution in [0.15, 0.2) is 0 Å². The van der Waals surface area contributed by atoms with Gasteiger partial charge in [0.05, 0.1) is 6.04 Å². The summed E-state index contributed by atoms with van der Waals surface area (Å²) in [7, 11) is 0. The number of nitrogens with zero attached hydrogens (tertiary/aromatic N) is 3. The van der Waals surface area contributed by atoms with Crippen molar-refractivity contribution < 1.29 is 0 Å². The number of rotatable bonds is 4. The van der Waals surface area contributed by atoms with Gasteiger partial charge in [0, 0.05) is 0 Å². The highest BCUT2D eigenvalue weighted by molar-refractivity contribution is 7.98. The number of nitrogens with two attached hydrogens (primary N) is 1. The van der Waals surface area contributed by atoms with E-state index in [0.717, 1.165) is 12.2 Å². The molecule has 0 spiro atoms. The van der Waals surface area contributed by atoms with Gasteiger partial charge in [0.25, 0.3) is 0 Å². The van der Waals surface area contributed by atoms with Crippen LogP contribution in [0.1, 0.15) is 18.3 Å². The highest BCUT2D eigenvalue weighted by Gasteiger charge is 2.08. The maximum absolute atomic E-state index is 5.73. The molecule has 1 heterocycles. The van der Waals surface area contributed by atoms with E-state index < -0.39 is 0 Å². The van der Waals surface area contributed by atoms with Gasteiger partial charge in [-0.05, 0) is 18.4 Å². The van der Waals surface area contributed by atoms with Crippen molar-refractivity contribution in [3.63, 3.8) is 0 Å². The predicted octanol–water partition coefficient (Wildman–Crippen LogP) is -0.0474. The molecule has 5 nitrogen and oxygen atoms in total. The van der Waals surface area contributed by atoms with Gasteiger partial charge in [-0.25, -0.2) is 0 Å². The normalized spacial score (nSPS) is 13.3. The largest absolute Gasteiger partial charge is 0.321 e. The maximum Gasteiger partial charge on any atom is 0.191 e. The molecule has 0 aromatic carbocycles. The fourth-order valence-electron chi connectivity index (χ4n) is 0.701. The Hall–Kier alpha value is -0.620. The van der Waals surface area contributed by atoms with Crippen molar-refractivity contribution in [2.24, 2.45) is 5.73 Å². The van der Waals surface area contributed by atoms with Gasteiger partial charge in [-0.1, -0.05) is 5.21 Å². The van der Waals surface area contributed by atoms with Gasteiger partial charge >= 0.3 is 0 Å². The number of H-pyrrole nitrogens is 1. The monoisotopic (exact) mass is 173 g/mol. The van der Waals surface area contributed by atoms with Gasteiger partial charge < -0.3 is 5.73 Å². The lowest BCUT2D eigenvalue weighted by Gasteiger charge is -2.03. The van der Waals surface area contributed by atoms with Gasteiger partial charge in [0.1, 0.15) is 0 Å². The Morgan fingerprint density at radius 1 is 1.73 bits per heavy atom. The first-order valence-corrected chi connectivity index (χ1v) is 4.72. The number of nitrogens with one attached hydrogen (secondary N) is 1. The molecule has 0 aliphatic rings. The molecule has 0 aliphatic heterocycles. The van der Waals surface area contributed by atoms with Gasteiger partial charge in [-0.3, -0.25) is 0 Å². The van der Waals surface area contributed by atoms with Crippen molar-refractivity contribution in [1.29, 1.82) is 0 Å². The highest BCUT2D eigenvalue weighted by Crippen LogP contribution is 2.09. The molecule has 6 heteroatoms. The van der Waals surface area contributed by atoms with Crippen molar-refractivity contribution >= 4 is 11.8 Å². The average Bonchev–Trinajstić information content (AvgIpc) is 2.52. The van der Waals surface area contributed by atoms with Crippen molar-refractivity contribution in [2.45, 2.75) is 12.5 Å². The fraction of sp³-hybridized carbons (Fsp3) is 0.800. The Labute approximate surface area is 69.1 Å². The maximum atomic E-state index is 5.73. The van der Waals surface area contributed by atoms with Crippen LogP contribution >= 0.6 is 11.8 Å². The third-order valence-corrected chi connectivity index (χ3v) is 1.97. The van der Waals surface area contributed by atoms with Crippen molar-refractivity contribution in [3.8, 4) is 0 Å². The third kappa shape index (κ3) is 2.47. The Kier molecular flexibility index (Phi) is 3.31. The molecule has 0 aliphatic carbocycles. The number of hydrogen-bond donors (Lipinski definition) is 2. The minimum atomic E-state index is -0.0822. The molecular weight excluding hydrogens is 162 g/mol. The summed E-state index contributed by atoms with van der Waals surface area (Å²) in [6.07, 6.45) is 2.93. The van der Waals surface area contributed by atoms with Crippen LogP contribution < -0.4 is 5.73 Å². The molecule has 1 aromatic rings. The van der Waals surface area contributed by atoms with E-state index >= 15 is 0 Å². The van der Waals surface area contributed by atoms with E-state index in [0.29, 0.717) is 5.82 Å². The van der Waals surface area contributed by atoms with E-state index in [2.05, 4.69) is 20.6 Å². The minimum Gasteiger partial charge on any atom is -0.321 e. The first-order valence-electron chi connectivity index (χ1n) is 3.32. The lowest BCUT2D eigenvalue weighted by Crippen LogP contribution is -2.12. The van der Waals surface area contributed by atoms with Gasteiger partial charge in [-0.15, -0.1) is 10.2 Å². The number of aromatic nitrogens is 4. The molecule has 1 rings (SSSR count). The summed E-state index contributed by atoms with van der Waals surface area (Å²) in [5.41, 5.74) is 5.73. The van der Waals surface area contributed by atoms with Gasteiger partial charge in [0.15, 0.2) is 5.82 Å². The molecular formula is C5H11N5S. The average molecular weight is 173 g/mol. The molecule has 1 aromatic heterocycles. The summed E-state index contributed by atoms with van der Waals surface area (Å²) in [4.78, 5) is 0. The molecule has 1 atom stereocenters. The smallest absolute Gasteiger partial charge is 0.191 e. The van der Waals surface area contributed by atoms with E-state index in [1.165, 1.54) is 0 Å². The first-order chi connectivity index (χ1) is 5.34. The standard InChI is InChI=1S/C5H11N5S/c1-11-3-2-4(6)5-7-9-10-8-5/h4H,2-3,6H2,1H3,(H,7,8,9,10). The van der Waals surface area contributed by atoms with Crippen molar-refractivity contribution in [3.05, 3.63) is 5.82 Å². The second kappa shape index (κ2) is 4.30. The van der Waals surface area contributed by atoms with E-state index in [1.807, 2.05) is 6.26 Å². The van der Waals surface area contributed by atoms with Crippen molar-refractivity contribution in [1.82, 2.24) is 20.6 Å². The van der Waals surface area contributed by atoms with Gasteiger partial charge in [0.2, 0.25) is 0 Å². The Balaban J connectivity index is 2.36. The number of hydrogen-bond acceptors (Lipinski definition) is 5. The Bertz CT molecular complexity index is 187. The van der Waals surface area contributed by atoms with Crippen LogP contribution in [0, 0.1) is 0 Å². The molecule has 0 fully saturated rings. The zero-order valence-electron chi connectivity index (χ0n) is 6.32. The topological polar surface area (TPSA) is 80.5 Å². The number of tetrazole rings is 1. The quantitative estimate of drug-likeness (QED) is 0.667. The second-order valence-corrected chi connectivity index (χ2v) is 3.14. The Morgan fingerprint density at radius 2 is 2.55 bits per heavy atom. The molecule has 3 N–H and O–H groups in total. The predicted molar refractivity (Wildman–Crippen MR) is 44.1 cm³/mol. The molecule has 0 saturated heterocycles. The lowest BCUT2D eigenvalue weighted by atomic mass is 10.2. The summed E-state index contributed by atoms with van der Waals surface area (Å²) in [6.45, 7) is 0. The molecule has 0 bridgehead atoms. The zero-order valence-corrected chi connectivity index (χ0v) is 7.14. The molecule has 0 radical (unpaired) electrons. The van der Waals surface area contributed by atoms with Crippen LogP contribution in [-0.4, -0.2) is 32.6 Å². The first kappa shape index (κ1) is 8.48.